The molecule has 0 spiro atoms. The molecule has 1 fully saturated rings. The van der Waals surface area contributed by atoms with Crippen LogP contribution in [0.5, 0.6) is 5.75 Å². The number of nitrogens with zero attached hydrogens (tertiary/aromatic N) is 3. The summed E-state index contributed by atoms with van der Waals surface area (Å²) in [5.41, 5.74) is 1.55. The van der Waals surface area contributed by atoms with Gasteiger partial charge in [0.2, 0.25) is 0 Å². The molecule has 7 nitrogen and oxygen atoms in total. The van der Waals surface area contributed by atoms with Crippen LogP contribution in [0.1, 0.15) is 11.1 Å². The number of likely N-dealkylation sites (N-methyl/N-ethyl adjacent to an activating group) is 1. The van der Waals surface area contributed by atoms with Gasteiger partial charge in [-0.3, -0.25) is 18.9 Å². The Bertz CT molecular complexity index is 1240. The number of methoxy groups -OCH3 is 1. The van der Waals surface area contributed by atoms with Gasteiger partial charge < -0.3 is 10.1 Å². The van der Waals surface area contributed by atoms with Gasteiger partial charge in [0.25, 0.3) is 11.5 Å². The van der Waals surface area contributed by atoms with Gasteiger partial charge in [0.15, 0.2) is 0 Å². The summed E-state index contributed by atoms with van der Waals surface area (Å²) in [6, 6.07) is 12.9. The molecule has 0 bridgehead atoms. The van der Waals surface area contributed by atoms with Crippen LogP contribution in [0, 0.1) is 0 Å². The van der Waals surface area contributed by atoms with Crippen molar-refractivity contribution in [1.29, 1.82) is 0 Å². The van der Waals surface area contributed by atoms with Gasteiger partial charge in [-0.05, 0) is 35.9 Å². The second kappa shape index (κ2) is 8.29. The molecule has 3 aromatic rings. The first-order valence-electron chi connectivity index (χ1n) is 9.07. The first-order chi connectivity index (χ1) is 14.5. The summed E-state index contributed by atoms with van der Waals surface area (Å²) in [4.78, 5) is 32.0. The molecule has 1 aromatic carbocycles. The zero-order valence-electron chi connectivity index (χ0n) is 16.3. The molecule has 0 aliphatic carbocycles. The van der Waals surface area contributed by atoms with E-state index in [0.29, 0.717) is 32.8 Å². The van der Waals surface area contributed by atoms with Crippen molar-refractivity contribution in [2.45, 2.75) is 6.54 Å². The van der Waals surface area contributed by atoms with Gasteiger partial charge in [0.1, 0.15) is 21.5 Å². The Labute approximate surface area is 182 Å². The number of thioether (sulfide) groups is 1. The van der Waals surface area contributed by atoms with E-state index in [1.165, 1.54) is 21.1 Å². The Hall–Kier alpha value is -3.17. The minimum atomic E-state index is -0.265. The molecule has 0 saturated carbocycles. The normalized spacial score (nSPS) is 15.3. The first-order valence-corrected chi connectivity index (χ1v) is 10.3. The Balaban J connectivity index is 1.75. The van der Waals surface area contributed by atoms with E-state index in [1.54, 1.807) is 38.6 Å². The number of hydrogen-bond donors (Lipinski definition) is 1. The highest BCUT2D eigenvalue weighted by atomic mass is 32.2. The van der Waals surface area contributed by atoms with E-state index in [1.807, 2.05) is 30.3 Å². The number of thiocarbonyl (C=S) groups is 1. The van der Waals surface area contributed by atoms with Crippen molar-refractivity contribution in [2.24, 2.45) is 0 Å². The summed E-state index contributed by atoms with van der Waals surface area (Å²) in [5.74, 6) is 0.940. The molecule has 1 aliphatic heterocycles. The maximum Gasteiger partial charge on any atom is 0.267 e. The number of carbonyl (C=O) groups excluding carboxylic acids is 1. The van der Waals surface area contributed by atoms with E-state index >= 15 is 0 Å². The predicted molar refractivity (Wildman–Crippen MR) is 123 cm³/mol. The topological polar surface area (TPSA) is 75.9 Å². The molecule has 30 heavy (non-hydrogen) atoms. The highest BCUT2D eigenvalue weighted by Crippen LogP contribution is 2.31. The van der Waals surface area contributed by atoms with Gasteiger partial charge in [-0.15, -0.1) is 0 Å². The minimum Gasteiger partial charge on any atom is -0.497 e. The summed E-state index contributed by atoms with van der Waals surface area (Å²) >= 11 is 6.36. The number of carbonyl (C=O) groups is 1. The molecule has 2 aromatic heterocycles. The predicted octanol–water partition coefficient (Wildman–Crippen LogP) is 3.15. The lowest BCUT2D eigenvalue weighted by Gasteiger charge is -2.11. The Morgan fingerprint density at radius 2 is 1.97 bits per heavy atom. The maximum absolute atomic E-state index is 13.2. The summed E-state index contributed by atoms with van der Waals surface area (Å²) < 4.78 is 7.09. The van der Waals surface area contributed by atoms with Gasteiger partial charge in [-0.2, -0.15) is 0 Å². The molecule has 1 aliphatic rings. The number of amides is 1. The second-order valence-corrected chi connectivity index (χ2v) is 8.23. The highest BCUT2D eigenvalue weighted by Gasteiger charge is 2.29. The van der Waals surface area contributed by atoms with Crippen LogP contribution in [-0.2, 0) is 11.3 Å². The van der Waals surface area contributed by atoms with Crippen LogP contribution >= 0.6 is 24.0 Å². The molecular weight excluding hydrogens is 420 g/mol. The molecule has 1 amide bonds. The fraction of sp³-hybridized carbons (Fsp3) is 0.143. The van der Waals surface area contributed by atoms with Crippen LogP contribution in [0.25, 0.3) is 11.7 Å². The van der Waals surface area contributed by atoms with E-state index in [9.17, 15) is 9.59 Å². The van der Waals surface area contributed by atoms with Crippen LogP contribution in [-0.4, -0.2) is 38.7 Å². The van der Waals surface area contributed by atoms with Gasteiger partial charge in [0, 0.05) is 19.8 Å². The van der Waals surface area contributed by atoms with Crippen molar-refractivity contribution in [2.75, 3.05) is 19.5 Å². The lowest BCUT2D eigenvalue weighted by molar-refractivity contribution is -0.121. The number of benzene rings is 1. The Kier molecular flexibility index (Phi) is 5.56. The quantitative estimate of drug-likeness (QED) is 0.484. The minimum absolute atomic E-state index is 0.233. The van der Waals surface area contributed by atoms with Crippen LogP contribution in [0.15, 0.2) is 58.4 Å². The number of aromatic nitrogens is 2. The van der Waals surface area contributed by atoms with E-state index in [-0.39, 0.29) is 11.5 Å². The zero-order chi connectivity index (χ0) is 21.3. The van der Waals surface area contributed by atoms with E-state index < -0.39 is 0 Å². The third kappa shape index (κ3) is 3.81. The maximum atomic E-state index is 13.2. The molecular formula is C21H18N4O3S2. The molecule has 1 saturated heterocycles. The van der Waals surface area contributed by atoms with Gasteiger partial charge >= 0.3 is 0 Å². The summed E-state index contributed by atoms with van der Waals surface area (Å²) in [6.07, 6.45) is 3.22. The molecule has 0 radical (unpaired) electrons. The number of ether oxygens (including phenoxy) is 1. The van der Waals surface area contributed by atoms with Crippen LogP contribution in [0.4, 0.5) is 5.82 Å². The number of nitrogens with one attached hydrogen (secondary N) is 1. The SMILES string of the molecule is COc1ccc(CNc2nc3ccccn3c(=O)c2C=C2SC(=S)N(C)C2=O)cc1. The molecule has 1 N–H and O–H groups in total. The van der Waals surface area contributed by atoms with Gasteiger partial charge in [0.05, 0.1) is 17.6 Å². The Morgan fingerprint density at radius 3 is 2.63 bits per heavy atom. The largest absolute Gasteiger partial charge is 0.497 e. The lowest BCUT2D eigenvalue weighted by atomic mass is 10.2. The Morgan fingerprint density at radius 1 is 1.20 bits per heavy atom. The molecule has 3 heterocycles. The molecule has 0 unspecified atom stereocenters. The van der Waals surface area contributed by atoms with Crippen molar-refractivity contribution in [1.82, 2.24) is 14.3 Å². The van der Waals surface area contributed by atoms with Gasteiger partial charge in [-0.1, -0.05) is 42.2 Å². The van der Waals surface area contributed by atoms with Crippen molar-refractivity contribution < 1.29 is 9.53 Å². The fourth-order valence-electron chi connectivity index (χ4n) is 2.97. The third-order valence-corrected chi connectivity index (χ3v) is 6.13. The van der Waals surface area contributed by atoms with Crippen molar-refractivity contribution in [3.8, 4) is 5.75 Å². The van der Waals surface area contributed by atoms with E-state index in [0.717, 1.165) is 11.3 Å². The average Bonchev–Trinajstić information content (AvgIpc) is 3.01. The average molecular weight is 439 g/mol. The molecule has 152 valence electrons. The van der Waals surface area contributed by atoms with Crippen LogP contribution < -0.4 is 15.6 Å². The van der Waals surface area contributed by atoms with Crippen LogP contribution in [0.3, 0.4) is 0 Å². The van der Waals surface area contributed by atoms with E-state index in [2.05, 4.69) is 10.3 Å². The molecule has 4 rings (SSSR count). The standard InChI is InChI=1S/C21H18N4O3S2/c1-24-20(27)16(30-21(24)29)11-15-18(22-12-13-6-8-14(28-2)9-7-13)23-17-5-3-4-10-25(17)19(15)26/h3-11,22H,12H2,1-2H3. The number of rotatable bonds is 5. The summed E-state index contributed by atoms with van der Waals surface area (Å²) in [7, 11) is 3.23. The van der Waals surface area contributed by atoms with Crippen molar-refractivity contribution >= 4 is 51.7 Å². The zero-order valence-corrected chi connectivity index (χ0v) is 17.9. The monoisotopic (exact) mass is 438 g/mol. The first kappa shape index (κ1) is 20.1. The summed E-state index contributed by atoms with van der Waals surface area (Å²) in [6.45, 7) is 0.453. The smallest absolute Gasteiger partial charge is 0.267 e. The number of fused-ring (bicyclic) bond motifs is 1. The van der Waals surface area contributed by atoms with E-state index in [4.69, 9.17) is 17.0 Å². The number of pyridine rings is 1. The van der Waals surface area contributed by atoms with Gasteiger partial charge in [-0.25, -0.2) is 4.98 Å². The second-order valence-electron chi connectivity index (χ2n) is 6.55. The summed E-state index contributed by atoms with van der Waals surface area (Å²) in [5, 5.41) is 3.23. The third-order valence-electron chi connectivity index (χ3n) is 4.65. The lowest BCUT2D eigenvalue weighted by Crippen LogP contribution is -2.23. The van der Waals surface area contributed by atoms with Crippen LogP contribution in [0.2, 0.25) is 0 Å². The fourth-order valence-corrected chi connectivity index (χ4v) is 4.13. The molecule has 0 atom stereocenters. The molecule has 9 heteroatoms. The number of anilines is 1. The van der Waals surface area contributed by atoms with Crippen molar-refractivity contribution in [3.63, 3.8) is 0 Å². The highest BCUT2D eigenvalue weighted by molar-refractivity contribution is 8.26. The van der Waals surface area contributed by atoms with Crippen molar-refractivity contribution in [3.05, 3.63) is 75.0 Å². The number of hydrogen-bond acceptors (Lipinski definition) is 7.